The first kappa shape index (κ1) is 13.4. The molecule has 5 heteroatoms. The van der Waals surface area contributed by atoms with Crippen molar-refractivity contribution in [1.29, 1.82) is 0 Å². The van der Waals surface area contributed by atoms with Crippen molar-refractivity contribution in [2.24, 2.45) is 11.3 Å². The zero-order chi connectivity index (χ0) is 13.1. The third-order valence-corrected chi connectivity index (χ3v) is 3.29. The van der Waals surface area contributed by atoms with E-state index in [9.17, 15) is 14.4 Å². The lowest BCUT2D eigenvalue weighted by molar-refractivity contribution is -0.148. The average molecular weight is 242 g/mol. The van der Waals surface area contributed by atoms with Gasteiger partial charge in [-0.2, -0.15) is 0 Å². The molecule has 0 aliphatic carbocycles. The van der Waals surface area contributed by atoms with E-state index in [2.05, 4.69) is 17.2 Å². The molecule has 1 heterocycles. The maximum atomic E-state index is 12.0. The van der Waals surface area contributed by atoms with Gasteiger partial charge in [-0.1, -0.05) is 26.3 Å². The van der Waals surface area contributed by atoms with Crippen LogP contribution in [0.4, 0.5) is 4.79 Å². The van der Waals surface area contributed by atoms with Crippen molar-refractivity contribution in [3.63, 3.8) is 0 Å². The van der Waals surface area contributed by atoms with Gasteiger partial charge in [0.05, 0.1) is 0 Å². The van der Waals surface area contributed by atoms with Crippen LogP contribution in [0.1, 0.15) is 33.1 Å². The number of barbiturate groups is 1. The molecule has 0 aromatic rings. The fraction of sp³-hybridized carbons (Fsp3) is 0.583. The molecule has 1 unspecified atom stereocenters. The summed E-state index contributed by atoms with van der Waals surface area (Å²) in [5, 5.41) is 4.33. The van der Waals surface area contributed by atoms with Gasteiger partial charge in [0, 0.05) is 0 Å². The third-order valence-electron chi connectivity index (χ3n) is 3.29. The van der Waals surface area contributed by atoms with Crippen LogP contribution in [0, 0.1) is 11.3 Å². The second-order valence-corrected chi connectivity index (χ2v) is 4.39. The van der Waals surface area contributed by atoms with Gasteiger partial charge in [0.15, 0.2) is 0 Å². The topological polar surface area (TPSA) is 75.3 Å². The molecule has 0 bridgehead atoms. The minimum Gasteiger partial charge on any atom is -0.277 e. The zero-order valence-corrected chi connectivity index (χ0v) is 10.2. The lowest BCUT2D eigenvalue weighted by Gasteiger charge is -2.37. The van der Waals surface area contributed by atoms with Gasteiger partial charge in [-0.15, -0.1) is 6.58 Å². The Kier molecular flexibility index (Phi) is 4.04. The molecule has 4 amide bonds. The summed E-state index contributed by atoms with van der Waals surface area (Å²) in [4.78, 5) is 35.1. The predicted molar refractivity (Wildman–Crippen MR) is 63.0 cm³/mol. The number of hydrogen-bond acceptors (Lipinski definition) is 3. The number of nitrogens with one attached hydrogen (secondary N) is 2. The van der Waals surface area contributed by atoms with Crippen LogP contribution in [0.3, 0.4) is 0 Å². The summed E-state index contributed by atoms with van der Waals surface area (Å²) in [6, 6.07) is -0.747. The SMILES string of the molecule is C=CC[13C]1(C(C)CCC)[13C](=O)N[13C](=O)N[13C]1=O. The molecule has 0 saturated carbocycles. The molecule has 0 aromatic carbocycles. The quantitative estimate of drug-likeness (QED) is 0.434. The molecule has 2 N–H and O–H groups in total. The normalized spacial score (nSPS) is 20.5. The zero-order valence-electron chi connectivity index (χ0n) is 10.2. The number of carbonyl (C=O) groups is 3. The number of rotatable bonds is 5. The van der Waals surface area contributed by atoms with E-state index in [0.29, 0.717) is 0 Å². The first-order chi connectivity index (χ1) is 7.98. The van der Waals surface area contributed by atoms with E-state index in [0.717, 1.165) is 12.8 Å². The van der Waals surface area contributed by atoms with Crippen molar-refractivity contribution in [2.75, 3.05) is 0 Å². The van der Waals surface area contributed by atoms with Crippen molar-refractivity contribution >= 4 is 17.8 Å². The molecular weight excluding hydrogens is 224 g/mol. The molecule has 5 nitrogen and oxygen atoms in total. The highest BCUT2D eigenvalue weighted by atomic mass is 16.3. The van der Waals surface area contributed by atoms with Crippen LogP contribution in [0.5, 0.6) is 0 Å². The van der Waals surface area contributed by atoms with E-state index < -0.39 is 23.3 Å². The molecule has 1 atom stereocenters. The van der Waals surface area contributed by atoms with Crippen LogP contribution < -0.4 is 10.6 Å². The Hall–Kier alpha value is -1.65. The van der Waals surface area contributed by atoms with E-state index in [-0.39, 0.29) is 12.3 Å². The van der Waals surface area contributed by atoms with Gasteiger partial charge in [0.2, 0.25) is 11.8 Å². The van der Waals surface area contributed by atoms with E-state index in [1.165, 1.54) is 0 Å². The molecule has 1 aliphatic heterocycles. The number of allylic oxidation sites excluding steroid dienone is 1. The van der Waals surface area contributed by atoms with Crippen LogP contribution in [-0.2, 0) is 9.59 Å². The first-order valence-corrected chi connectivity index (χ1v) is 5.76. The standard InChI is InChI=1S/C12H18N2O3/c1-4-6-8(3)12(7-5-2)9(15)13-11(17)14-10(12)16/h5,8H,2,4,6-7H2,1,3H3,(H2,13,14,15,16,17)/i9+1,10+1,11+1,12+1. The Labute approximate surface area is 101 Å². The molecule has 1 rings (SSSR count). The Bertz CT molecular complexity index is 343. The highest BCUT2D eigenvalue weighted by Gasteiger charge is 2.52. The van der Waals surface area contributed by atoms with Crippen LogP contribution in [0.25, 0.3) is 0 Å². The number of imide groups is 2. The lowest BCUT2D eigenvalue weighted by atomic mass is 10.0. The van der Waals surface area contributed by atoms with Crippen molar-refractivity contribution in [2.45, 2.75) is 33.1 Å². The molecule has 0 radical (unpaired) electrons. The van der Waals surface area contributed by atoms with Crippen molar-refractivity contribution in [3.05, 3.63) is 12.7 Å². The highest BCUT2D eigenvalue weighted by molar-refractivity contribution is 6.19. The van der Waals surface area contributed by atoms with Crippen molar-refractivity contribution < 1.29 is 14.4 Å². The molecule has 0 spiro atoms. The van der Waals surface area contributed by atoms with Gasteiger partial charge in [0.1, 0.15) is 5.41 Å². The molecule has 1 saturated heterocycles. The summed E-state index contributed by atoms with van der Waals surface area (Å²) in [6.45, 7) is 7.42. The fourth-order valence-electron chi connectivity index (χ4n) is 2.30. The van der Waals surface area contributed by atoms with Crippen LogP contribution in [0.15, 0.2) is 12.7 Å². The maximum Gasteiger partial charge on any atom is 0.328 e. The number of amides is 4. The maximum absolute atomic E-state index is 12.0. The molecule has 17 heavy (non-hydrogen) atoms. The van der Waals surface area contributed by atoms with E-state index in [1.807, 2.05) is 13.8 Å². The number of carbonyl (C=O) groups excluding carboxylic acids is 3. The predicted octanol–water partition coefficient (Wildman–Crippen LogP) is 1.35. The van der Waals surface area contributed by atoms with Crippen LogP contribution in [-0.4, -0.2) is 17.8 Å². The summed E-state index contributed by atoms with van der Waals surface area (Å²) in [5.74, 6) is -1.18. The minimum absolute atomic E-state index is 0.140. The van der Waals surface area contributed by atoms with Gasteiger partial charge in [-0.05, 0) is 18.8 Å². The first-order valence-electron chi connectivity index (χ1n) is 5.76. The van der Waals surface area contributed by atoms with Crippen LogP contribution in [0.2, 0.25) is 0 Å². The Balaban J connectivity index is 3.11. The Morgan fingerprint density at radius 2 is 1.82 bits per heavy atom. The summed E-state index contributed by atoms with van der Waals surface area (Å²) in [6.07, 6.45) is 3.39. The summed E-state index contributed by atoms with van der Waals surface area (Å²) in [7, 11) is 0. The van der Waals surface area contributed by atoms with E-state index in [1.54, 1.807) is 6.08 Å². The largest absolute Gasteiger partial charge is 0.328 e. The summed E-state index contributed by atoms with van der Waals surface area (Å²) < 4.78 is 0. The Morgan fingerprint density at radius 1 is 1.29 bits per heavy atom. The minimum atomic E-state index is -1.20. The molecule has 94 valence electrons. The van der Waals surface area contributed by atoms with Gasteiger partial charge < -0.3 is 0 Å². The van der Waals surface area contributed by atoms with Gasteiger partial charge in [0.25, 0.3) is 0 Å². The van der Waals surface area contributed by atoms with Crippen LogP contribution >= 0.6 is 0 Å². The second-order valence-electron chi connectivity index (χ2n) is 4.39. The average Bonchev–Trinajstić information content (AvgIpc) is 2.23. The van der Waals surface area contributed by atoms with Gasteiger partial charge in [-0.25, -0.2) is 4.79 Å². The lowest BCUT2D eigenvalue weighted by Crippen LogP contribution is -2.64. The smallest absolute Gasteiger partial charge is 0.277 e. The number of urea groups is 1. The molecule has 0 aromatic heterocycles. The highest BCUT2D eigenvalue weighted by Crippen LogP contribution is 2.37. The Morgan fingerprint density at radius 3 is 2.24 bits per heavy atom. The second kappa shape index (κ2) is 5.12. The van der Waals surface area contributed by atoms with Crippen molar-refractivity contribution in [3.8, 4) is 0 Å². The third kappa shape index (κ3) is 2.23. The molecule has 1 aliphatic rings. The van der Waals surface area contributed by atoms with E-state index in [4.69, 9.17) is 0 Å². The van der Waals surface area contributed by atoms with Crippen molar-refractivity contribution in [1.82, 2.24) is 10.6 Å². The summed E-state index contributed by atoms with van der Waals surface area (Å²) in [5.41, 5.74) is -1.20. The monoisotopic (exact) mass is 242 g/mol. The van der Waals surface area contributed by atoms with E-state index >= 15 is 0 Å². The summed E-state index contributed by atoms with van der Waals surface area (Å²) >= 11 is 0. The molecular formula is C12H18N2O3. The fourth-order valence-corrected chi connectivity index (χ4v) is 2.30. The number of hydrogen-bond donors (Lipinski definition) is 2. The van der Waals surface area contributed by atoms with Gasteiger partial charge in [-0.3, -0.25) is 20.2 Å². The molecule has 1 fully saturated rings. The van der Waals surface area contributed by atoms with Gasteiger partial charge >= 0.3 is 6.03 Å².